The van der Waals surface area contributed by atoms with Crippen molar-refractivity contribution in [2.75, 3.05) is 7.11 Å². The minimum absolute atomic E-state index is 0.275. The Labute approximate surface area is 120 Å². The van der Waals surface area contributed by atoms with Gasteiger partial charge >= 0.3 is 0 Å². The van der Waals surface area contributed by atoms with Crippen molar-refractivity contribution in [2.45, 2.75) is 6.10 Å². The van der Waals surface area contributed by atoms with Crippen LogP contribution in [-0.2, 0) is 0 Å². The summed E-state index contributed by atoms with van der Waals surface area (Å²) in [6.45, 7) is 0. The normalized spacial score (nSPS) is 12.3. The van der Waals surface area contributed by atoms with Gasteiger partial charge in [-0.2, -0.15) is 0 Å². The predicted octanol–water partition coefficient (Wildman–Crippen LogP) is 4.22. The molecule has 0 saturated heterocycles. The zero-order chi connectivity index (χ0) is 14.0. The summed E-state index contributed by atoms with van der Waals surface area (Å²) in [7, 11) is 1.44. The molecule has 0 aliphatic carbocycles. The van der Waals surface area contributed by atoms with Crippen LogP contribution < -0.4 is 4.74 Å². The molecule has 0 aliphatic rings. The number of methoxy groups -OCH3 is 1. The van der Waals surface area contributed by atoms with E-state index in [2.05, 4.69) is 0 Å². The number of aliphatic hydroxyl groups excluding tert-OH is 1. The number of ether oxygens (including phenoxy) is 1. The van der Waals surface area contributed by atoms with E-state index in [4.69, 9.17) is 27.9 Å². The molecule has 0 heterocycles. The van der Waals surface area contributed by atoms with Crippen molar-refractivity contribution in [1.29, 1.82) is 0 Å². The second-order valence-corrected chi connectivity index (χ2v) is 4.74. The van der Waals surface area contributed by atoms with Gasteiger partial charge < -0.3 is 9.84 Å². The Balaban J connectivity index is 2.55. The van der Waals surface area contributed by atoms with Crippen molar-refractivity contribution in [3.8, 4) is 5.75 Å². The minimum atomic E-state index is -1.16. The highest BCUT2D eigenvalue weighted by atomic mass is 35.5. The standard InChI is InChI=1S/C14H11Cl2FO2/c1-19-12-6-5-8(17)7-9(12)14(18)13-10(15)3-2-4-11(13)16/h2-7,14,18H,1H3. The third-order valence-electron chi connectivity index (χ3n) is 2.76. The second kappa shape index (κ2) is 5.78. The summed E-state index contributed by atoms with van der Waals surface area (Å²) in [6, 6.07) is 8.78. The third-order valence-corrected chi connectivity index (χ3v) is 3.42. The molecule has 2 nitrogen and oxygen atoms in total. The van der Waals surface area contributed by atoms with Crippen molar-refractivity contribution in [3.05, 3.63) is 63.4 Å². The molecule has 0 bridgehead atoms. The monoisotopic (exact) mass is 300 g/mol. The molecule has 0 aromatic heterocycles. The van der Waals surface area contributed by atoms with Crippen LogP contribution in [0.1, 0.15) is 17.2 Å². The van der Waals surface area contributed by atoms with Gasteiger partial charge in [-0.3, -0.25) is 0 Å². The van der Waals surface area contributed by atoms with Gasteiger partial charge in [0, 0.05) is 21.2 Å². The van der Waals surface area contributed by atoms with Gasteiger partial charge in [-0.1, -0.05) is 29.3 Å². The first-order chi connectivity index (χ1) is 9.04. The largest absolute Gasteiger partial charge is 0.496 e. The molecule has 0 aliphatic heterocycles. The highest BCUT2D eigenvalue weighted by Crippen LogP contribution is 2.37. The number of hydrogen-bond acceptors (Lipinski definition) is 2. The average molecular weight is 301 g/mol. The number of aliphatic hydroxyl groups is 1. The van der Waals surface area contributed by atoms with Crippen molar-refractivity contribution in [2.24, 2.45) is 0 Å². The molecule has 2 aromatic carbocycles. The highest BCUT2D eigenvalue weighted by Gasteiger charge is 2.21. The van der Waals surface area contributed by atoms with E-state index >= 15 is 0 Å². The molecule has 5 heteroatoms. The van der Waals surface area contributed by atoms with Gasteiger partial charge in [0.15, 0.2) is 0 Å². The summed E-state index contributed by atoms with van der Waals surface area (Å²) in [4.78, 5) is 0. The van der Waals surface area contributed by atoms with E-state index < -0.39 is 11.9 Å². The topological polar surface area (TPSA) is 29.5 Å². The van der Waals surface area contributed by atoms with E-state index in [9.17, 15) is 9.50 Å². The lowest BCUT2D eigenvalue weighted by Gasteiger charge is -2.17. The Morgan fingerprint density at radius 2 is 1.79 bits per heavy atom. The summed E-state index contributed by atoms with van der Waals surface area (Å²) in [5.41, 5.74) is 0.604. The molecule has 1 unspecified atom stereocenters. The Morgan fingerprint density at radius 1 is 1.16 bits per heavy atom. The van der Waals surface area contributed by atoms with E-state index in [1.165, 1.54) is 25.3 Å². The van der Waals surface area contributed by atoms with Crippen molar-refractivity contribution in [3.63, 3.8) is 0 Å². The predicted molar refractivity (Wildman–Crippen MR) is 73.5 cm³/mol. The van der Waals surface area contributed by atoms with Gasteiger partial charge in [-0.05, 0) is 30.3 Å². The van der Waals surface area contributed by atoms with Crippen LogP contribution in [0.15, 0.2) is 36.4 Å². The molecular formula is C14H11Cl2FO2. The number of rotatable bonds is 3. The average Bonchev–Trinajstić information content (AvgIpc) is 2.38. The van der Waals surface area contributed by atoms with Crippen LogP contribution in [0.25, 0.3) is 0 Å². The maximum Gasteiger partial charge on any atom is 0.125 e. The van der Waals surface area contributed by atoms with Crippen LogP contribution in [-0.4, -0.2) is 12.2 Å². The molecule has 100 valence electrons. The fourth-order valence-electron chi connectivity index (χ4n) is 1.85. The number of hydrogen-bond donors (Lipinski definition) is 1. The van der Waals surface area contributed by atoms with Gasteiger partial charge in [0.2, 0.25) is 0 Å². The van der Waals surface area contributed by atoms with Crippen molar-refractivity contribution in [1.82, 2.24) is 0 Å². The summed E-state index contributed by atoms with van der Waals surface area (Å²) in [5.74, 6) is -0.108. The molecule has 2 rings (SSSR count). The summed E-state index contributed by atoms with van der Waals surface area (Å²) in [5, 5.41) is 11.0. The zero-order valence-corrected chi connectivity index (χ0v) is 11.5. The first kappa shape index (κ1) is 14.1. The molecule has 2 aromatic rings. The highest BCUT2D eigenvalue weighted by molar-refractivity contribution is 6.36. The fraction of sp³-hybridized carbons (Fsp3) is 0.143. The SMILES string of the molecule is COc1ccc(F)cc1C(O)c1c(Cl)cccc1Cl. The quantitative estimate of drug-likeness (QED) is 0.919. The van der Waals surface area contributed by atoms with E-state index in [1.54, 1.807) is 18.2 Å². The summed E-state index contributed by atoms with van der Waals surface area (Å²) in [6.07, 6.45) is -1.16. The van der Waals surface area contributed by atoms with Gasteiger partial charge in [0.25, 0.3) is 0 Å². The second-order valence-electron chi connectivity index (χ2n) is 3.92. The van der Waals surface area contributed by atoms with Crippen LogP contribution in [0, 0.1) is 5.82 Å². The zero-order valence-electron chi connectivity index (χ0n) is 10.0. The van der Waals surface area contributed by atoms with E-state index in [-0.39, 0.29) is 5.56 Å². The lowest BCUT2D eigenvalue weighted by molar-refractivity contribution is 0.214. The third kappa shape index (κ3) is 2.84. The van der Waals surface area contributed by atoms with Crippen molar-refractivity contribution < 1.29 is 14.2 Å². The molecule has 0 spiro atoms. The first-order valence-electron chi connectivity index (χ1n) is 5.50. The summed E-state index contributed by atoms with van der Waals surface area (Å²) < 4.78 is 18.4. The van der Waals surface area contributed by atoms with Crippen LogP contribution in [0.3, 0.4) is 0 Å². The number of benzene rings is 2. The maximum absolute atomic E-state index is 13.3. The minimum Gasteiger partial charge on any atom is -0.496 e. The van der Waals surface area contributed by atoms with Crippen LogP contribution in [0.4, 0.5) is 4.39 Å². The Hall–Kier alpha value is -1.29. The molecule has 0 saturated carbocycles. The van der Waals surface area contributed by atoms with Crippen LogP contribution >= 0.6 is 23.2 Å². The van der Waals surface area contributed by atoms with Crippen molar-refractivity contribution >= 4 is 23.2 Å². The lowest BCUT2D eigenvalue weighted by atomic mass is 10.0. The molecule has 1 atom stereocenters. The molecule has 0 amide bonds. The lowest BCUT2D eigenvalue weighted by Crippen LogP contribution is -2.04. The van der Waals surface area contributed by atoms with E-state index in [0.717, 1.165) is 0 Å². The molecule has 0 fully saturated rings. The van der Waals surface area contributed by atoms with Gasteiger partial charge in [-0.15, -0.1) is 0 Å². The Kier molecular flexibility index (Phi) is 4.30. The van der Waals surface area contributed by atoms with E-state index in [0.29, 0.717) is 21.4 Å². The van der Waals surface area contributed by atoms with Crippen LogP contribution in [0.5, 0.6) is 5.75 Å². The van der Waals surface area contributed by atoms with Gasteiger partial charge in [-0.25, -0.2) is 4.39 Å². The molecule has 19 heavy (non-hydrogen) atoms. The smallest absolute Gasteiger partial charge is 0.125 e. The number of halogens is 3. The van der Waals surface area contributed by atoms with Crippen LogP contribution in [0.2, 0.25) is 10.0 Å². The summed E-state index contributed by atoms with van der Waals surface area (Å²) >= 11 is 12.1. The van der Waals surface area contributed by atoms with Gasteiger partial charge in [0.1, 0.15) is 17.7 Å². The maximum atomic E-state index is 13.3. The molecule has 1 N–H and O–H groups in total. The van der Waals surface area contributed by atoms with E-state index in [1.807, 2.05) is 0 Å². The Bertz CT molecular complexity index is 582. The Morgan fingerprint density at radius 3 is 2.37 bits per heavy atom. The molecular weight excluding hydrogens is 290 g/mol. The first-order valence-corrected chi connectivity index (χ1v) is 6.25. The fourth-order valence-corrected chi connectivity index (χ4v) is 2.45. The molecule has 0 radical (unpaired) electrons. The van der Waals surface area contributed by atoms with Gasteiger partial charge in [0.05, 0.1) is 7.11 Å².